The van der Waals surface area contributed by atoms with Crippen molar-refractivity contribution < 1.29 is 32.2 Å². The summed E-state index contributed by atoms with van der Waals surface area (Å²) in [6.45, 7) is 4.57. The number of alkyl carbamates (subject to hydrolysis) is 1. The van der Waals surface area contributed by atoms with E-state index in [2.05, 4.69) is 4.74 Å². The maximum atomic E-state index is 12.4. The number of rotatable bonds is 2. The van der Waals surface area contributed by atoms with Gasteiger partial charge in [0.05, 0.1) is 0 Å². The Labute approximate surface area is 113 Å². The third-order valence-electron chi connectivity index (χ3n) is 1.94. The Morgan fingerprint density at radius 2 is 1.95 bits per heavy atom. The average Bonchev–Trinajstić information content (AvgIpc) is 2.16. The number of amides is 1. The maximum absolute atomic E-state index is 12.4. The fraction of sp³-hybridized carbons (Fsp3) is 0.500. The minimum Gasteiger partial charge on any atom is -0.444 e. The first-order chi connectivity index (χ1) is 8.94. The van der Waals surface area contributed by atoms with Gasteiger partial charge in [0, 0.05) is 6.08 Å². The van der Waals surface area contributed by atoms with Crippen LogP contribution >= 0.6 is 0 Å². The Bertz CT molecular complexity index is 462. The minimum atomic E-state index is -5.13. The molecule has 1 aliphatic carbocycles. The molecular weight excluding hydrogens is 279 g/mol. The quantitative estimate of drug-likeness (QED) is 0.793. The van der Waals surface area contributed by atoms with Gasteiger partial charge in [0.1, 0.15) is 5.60 Å². The normalized spacial score (nSPS) is 22.8. The third kappa shape index (κ3) is 4.69. The first kappa shape index (κ1) is 16.2. The Hall–Kier alpha value is -1.83. The molecular formula is C12H13F3NO4. The molecule has 8 heteroatoms. The van der Waals surface area contributed by atoms with Crippen molar-refractivity contribution in [2.45, 2.75) is 38.5 Å². The molecule has 0 spiro atoms. The second kappa shape index (κ2) is 5.28. The van der Waals surface area contributed by atoms with Gasteiger partial charge in [-0.3, -0.25) is 14.8 Å². The molecule has 0 aromatic rings. The summed E-state index contributed by atoms with van der Waals surface area (Å²) in [7, 11) is 0. The summed E-state index contributed by atoms with van der Waals surface area (Å²) in [5, 5.41) is 1.77. The van der Waals surface area contributed by atoms with Crippen molar-refractivity contribution in [3.05, 3.63) is 24.3 Å². The van der Waals surface area contributed by atoms with Crippen molar-refractivity contribution in [1.82, 2.24) is 5.32 Å². The third-order valence-corrected chi connectivity index (χ3v) is 1.94. The van der Waals surface area contributed by atoms with Crippen LogP contribution in [0.4, 0.5) is 18.0 Å². The molecule has 111 valence electrons. The van der Waals surface area contributed by atoms with Crippen LogP contribution in [0.1, 0.15) is 20.8 Å². The molecule has 1 aliphatic rings. The first-order valence-electron chi connectivity index (χ1n) is 5.54. The lowest BCUT2D eigenvalue weighted by Gasteiger charge is -2.31. The zero-order valence-corrected chi connectivity index (χ0v) is 11.0. The van der Waals surface area contributed by atoms with Gasteiger partial charge in [-0.05, 0) is 26.8 Å². The molecule has 0 aliphatic heterocycles. The molecule has 20 heavy (non-hydrogen) atoms. The smallest absolute Gasteiger partial charge is 0.444 e. The maximum Gasteiger partial charge on any atom is 0.525 e. The van der Waals surface area contributed by atoms with E-state index < -0.39 is 29.6 Å². The molecule has 0 aromatic heterocycles. The molecule has 5 nitrogen and oxygen atoms in total. The first-order valence-corrected chi connectivity index (χ1v) is 5.54. The monoisotopic (exact) mass is 292 g/mol. The Kier molecular flexibility index (Phi) is 4.28. The van der Waals surface area contributed by atoms with Gasteiger partial charge >= 0.3 is 12.5 Å². The molecule has 1 atom stereocenters. The van der Waals surface area contributed by atoms with E-state index in [1.807, 2.05) is 6.08 Å². The zero-order chi connectivity index (χ0) is 15.6. The highest BCUT2D eigenvalue weighted by atomic mass is 19.4. The van der Waals surface area contributed by atoms with E-state index in [1.54, 1.807) is 5.32 Å². The summed E-state index contributed by atoms with van der Waals surface area (Å²) in [6, 6.07) is 0. The van der Waals surface area contributed by atoms with E-state index in [4.69, 9.17) is 4.74 Å². The predicted octanol–water partition coefficient (Wildman–Crippen LogP) is 2.24. The molecule has 1 radical (unpaired) electrons. The number of halogens is 3. The molecule has 0 saturated heterocycles. The van der Waals surface area contributed by atoms with Crippen LogP contribution < -0.4 is 5.32 Å². The molecule has 0 bridgehead atoms. The SMILES string of the molecule is CC(C)(C)OC(=O)N[C@@]1(OC(F)(F)F)C=CC=[C]C1=O. The summed E-state index contributed by atoms with van der Waals surface area (Å²) in [4.78, 5) is 23.2. The lowest BCUT2D eigenvalue weighted by molar-refractivity contribution is -0.354. The summed E-state index contributed by atoms with van der Waals surface area (Å²) >= 11 is 0. The van der Waals surface area contributed by atoms with Gasteiger partial charge in [-0.25, -0.2) is 4.79 Å². The highest BCUT2D eigenvalue weighted by Crippen LogP contribution is 2.27. The molecule has 0 fully saturated rings. The highest BCUT2D eigenvalue weighted by molar-refractivity contribution is 5.98. The Morgan fingerprint density at radius 1 is 1.35 bits per heavy atom. The van der Waals surface area contributed by atoms with Gasteiger partial charge in [-0.15, -0.1) is 13.2 Å². The Morgan fingerprint density at radius 3 is 2.40 bits per heavy atom. The van der Waals surface area contributed by atoms with E-state index in [0.29, 0.717) is 0 Å². The van der Waals surface area contributed by atoms with Crippen molar-refractivity contribution >= 4 is 11.9 Å². The van der Waals surface area contributed by atoms with E-state index >= 15 is 0 Å². The largest absolute Gasteiger partial charge is 0.525 e. The standard InChI is InChI=1S/C12H13F3NO4/c1-10(2,3)19-9(18)16-11(20-12(13,14)15)7-5-4-6-8(11)17/h4-5,7H,1-3H3,(H,16,18)/t11-/m1/s1. The number of ketones is 1. The van der Waals surface area contributed by atoms with Gasteiger partial charge in [0.2, 0.25) is 11.5 Å². The summed E-state index contributed by atoms with van der Waals surface area (Å²) in [6.07, 6.45) is -1.36. The lowest BCUT2D eigenvalue weighted by atomic mass is 10.0. The predicted molar refractivity (Wildman–Crippen MR) is 61.2 cm³/mol. The number of carbonyl (C=O) groups excluding carboxylic acids is 2. The van der Waals surface area contributed by atoms with Crippen LogP contribution in [0.5, 0.6) is 0 Å². The van der Waals surface area contributed by atoms with Crippen molar-refractivity contribution in [3.8, 4) is 0 Å². The molecule has 0 saturated carbocycles. The summed E-state index contributed by atoms with van der Waals surface area (Å²) < 4.78 is 45.8. The van der Waals surface area contributed by atoms with E-state index in [9.17, 15) is 22.8 Å². The lowest BCUT2D eigenvalue weighted by Crippen LogP contribution is -2.58. The van der Waals surface area contributed by atoms with Gasteiger partial charge in [-0.2, -0.15) is 0 Å². The number of nitrogens with one attached hydrogen (secondary N) is 1. The second-order valence-corrected chi connectivity index (χ2v) is 4.91. The van der Waals surface area contributed by atoms with Crippen LogP contribution in [-0.2, 0) is 14.3 Å². The van der Waals surface area contributed by atoms with E-state index in [0.717, 1.165) is 18.2 Å². The Balaban J connectivity index is 2.96. The number of alkyl halides is 3. The zero-order valence-electron chi connectivity index (χ0n) is 11.0. The molecule has 1 rings (SSSR count). The topological polar surface area (TPSA) is 64.6 Å². The molecule has 0 heterocycles. The minimum absolute atomic E-state index is 0.767. The number of allylic oxidation sites excluding steroid dienone is 2. The fourth-order valence-corrected chi connectivity index (χ4v) is 1.33. The molecule has 0 unspecified atom stereocenters. The van der Waals surface area contributed by atoms with Crippen molar-refractivity contribution in [3.63, 3.8) is 0 Å². The van der Waals surface area contributed by atoms with Gasteiger partial charge in [0.25, 0.3) is 0 Å². The van der Waals surface area contributed by atoms with Gasteiger partial charge in [-0.1, -0.05) is 12.2 Å². The van der Waals surface area contributed by atoms with E-state index in [-0.39, 0.29) is 0 Å². The molecule has 0 aromatic carbocycles. The number of Topliss-reactive ketones (excluding diaryl/α,β-unsaturated/α-hetero) is 1. The van der Waals surface area contributed by atoms with Gasteiger partial charge < -0.3 is 4.74 Å². The number of carbonyl (C=O) groups is 2. The van der Waals surface area contributed by atoms with Crippen molar-refractivity contribution in [2.24, 2.45) is 0 Å². The average molecular weight is 292 g/mol. The van der Waals surface area contributed by atoms with Crippen LogP contribution in [0.25, 0.3) is 0 Å². The number of ether oxygens (including phenoxy) is 2. The second-order valence-electron chi connectivity index (χ2n) is 4.91. The van der Waals surface area contributed by atoms with E-state index in [1.165, 1.54) is 20.8 Å². The highest BCUT2D eigenvalue weighted by Gasteiger charge is 2.49. The van der Waals surface area contributed by atoms with Crippen molar-refractivity contribution in [2.75, 3.05) is 0 Å². The van der Waals surface area contributed by atoms with Crippen LogP contribution in [0.15, 0.2) is 18.2 Å². The van der Waals surface area contributed by atoms with Crippen molar-refractivity contribution in [1.29, 1.82) is 0 Å². The fourth-order valence-electron chi connectivity index (χ4n) is 1.33. The molecule has 1 amide bonds. The van der Waals surface area contributed by atoms with Crippen LogP contribution in [0, 0.1) is 6.08 Å². The molecule has 1 N–H and O–H groups in total. The number of hydrogen-bond donors (Lipinski definition) is 1. The summed E-state index contributed by atoms with van der Waals surface area (Å²) in [5.41, 5.74) is -3.64. The van der Waals surface area contributed by atoms with Crippen LogP contribution in [0.3, 0.4) is 0 Å². The summed E-state index contributed by atoms with van der Waals surface area (Å²) in [5.74, 6) is -1.19. The van der Waals surface area contributed by atoms with Crippen LogP contribution in [-0.4, -0.2) is 29.6 Å². The number of hydrogen-bond acceptors (Lipinski definition) is 4. The van der Waals surface area contributed by atoms with Crippen LogP contribution in [0.2, 0.25) is 0 Å². The van der Waals surface area contributed by atoms with Gasteiger partial charge in [0.15, 0.2) is 0 Å².